The first kappa shape index (κ1) is 14.4. The predicted octanol–water partition coefficient (Wildman–Crippen LogP) is 2.68. The van der Waals surface area contributed by atoms with Gasteiger partial charge in [-0.3, -0.25) is 9.78 Å². The summed E-state index contributed by atoms with van der Waals surface area (Å²) in [6.07, 6.45) is 2.00. The molecule has 0 bridgehead atoms. The largest absolute Gasteiger partial charge is 0.417 e. The van der Waals surface area contributed by atoms with Crippen LogP contribution in [-0.4, -0.2) is 16.9 Å². The SMILES string of the molecule is CC(C)CC[C@H](C)NC(=O)c1cccc2oc(=O)[nH]c12. The van der Waals surface area contributed by atoms with E-state index < -0.39 is 5.76 Å². The number of hydrogen-bond donors (Lipinski definition) is 2. The lowest BCUT2D eigenvalue weighted by atomic mass is 10.0. The minimum atomic E-state index is -0.548. The highest BCUT2D eigenvalue weighted by molar-refractivity contribution is 6.04. The highest BCUT2D eigenvalue weighted by Crippen LogP contribution is 2.15. The molecule has 0 aliphatic carbocycles. The summed E-state index contributed by atoms with van der Waals surface area (Å²) in [5, 5.41) is 2.95. The van der Waals surface area contributed by atoms with Crippen molar-refractivity contribution in [3.63, 3.8) is 0 Å². The molecule has 0 aliphatic rings. The molecule has 20 heavy (non-hydrogen) atoms. The fourth-order valence-corrected chi connectivity index (χ4v) is 2.12. The number of H-pyrrole nitrogens is 1. The number of oxazole rings is 1. The Hall–Kier alpha value is -2.04. The number of para-hydroxylation sites is 1. The van der Waals surface area contributed by atoms with E-state index in [0.29, 0.717) is 22.6 Å². The molecule has 1 heterocycles. The van der Waals surface area contributed by atoms with E-state index in [4.69, 9.17) is 4.42 Å². The zero-order valence-corrected chi connectivity index (χ0v) is 12.0. The molecule has 0 spiro atoms. The number of aromatic amines is 1. The first-order chi connectivity index (χ1) is 9.47. The summed E-state index contributed by atoms with van der Waals surface area (Å²) >= 11 is 0. The van der Waals surface area contributed by atoms with Gasteiger partial charge in [-0.1, -0.05) is 19.9 Å². The van der Waals surface area contributed by atoms with Crippen LogP contribution >= 0.6 is 0 Å². The molecule has 5 nitrogen and oxygen atoms in total. The van der Waals surface area contributed by atoms with Gasteiger partial charge in [-0.25, -0.2) is 4.79 Å². The first-order valence-corrected chi connectivity index (χ1v) is 6.90. The third-order valence-electron chi connectivity index (χ3n) is 3.26. The Balaban J connectivity index is 2.13. The highest BCUT2D eigenvalue weighted by atomic mass is 16.4. The molecule has 1 aromatic carbocycles. The predicted molar refractivity (Wildman–Crippen MR) is 77.8 cm³/mol. The number of carbonyl (C=O) groups is 1. The normalized spacial score (nSPS) is 12.8. The van der Waals surface area contributed by atoms with Gasteiger partial charge >= 0.3 is 5.76 Å². The molecular formula is C15H20N2O3. The zero-order chi connectivity index (χ0) is 14.7. The standard InChI is InChI=1S/C15H20N2O3/c1-9(2)7-8-10(3)16-14(18)11-5-4-6-12-13(11)17-15(19)20-12/h4-6,9-10H,7-8H2,1-3H3,(H,16,18)(H,17,19)/t10-/m0/s1. The molecule has 5 heteroatoms. The summed E-state index contributed by atoms with van der Waals surface area (Å²) in [4.78, 5) is 26.0. The molecule has 2 aromatic rings. The van der Waals surface area contributed by atoms with Crippen molar-refractivity contribution in [2.24, 2.45) is 5.92 Å². The molecule has 1 amide bonds. The fourth-order valence-electron chi connectivity index (χ4n) is 2.12. The van der Waals surface area contributed by atoms with Gasteiger partial charge in [-0.05, 0) is 37.8 Å². The maximum atomic E-state index is 12.2. The molecule has 2 rings (SSSR count). The molecule has 108 valence electrons. The van der Waals surface area contributed by atoms with Gasteiger partial charge in [-0.15, -0.1) is 0 Å². The second-order valence-electron chi connectivity index (χ2n) is 5.54. The number of rotatable bonds is 5. The number of fused-ring (bicyclic) bond motifs is 1. The average Bonchev–Trinajstić information content (AvgIpc) is 2.76. The van der Waals surface area contributed by atoms with Gasteiger partial charge in [0.2, 0.25) is 0 Å². The maximum Gasteiger partial charge on any atom is 0.417 e. The van der Waals surface area contributed by atoms with Crippen molar-refractivity contribution >= 4 is 17.0 Å². The topological polar surface area (TPSA) is 75.1 Å². The quantitative estimate of drug-likeness (QED) is 0.881. The molecule has 0 unspecified atom stereocenters. The zero-order valence-electron chi connectivity index (χ0n) is 12.0. The summed E-state index contributed by atoms with van der Waals surface area (Å²) in [6.45, 7) is 6.30. The first-order valence-electron chi connectivity index (χ1n) is 6.90. The van der Waals surface area contributed by atoms with E-state index in [9.17, 15) is 9.59 Å². The molecule has 0 fully saturated rings. The molecule has 1 atom stereocenters. The third-order valence-corrected chi connectivity index (χ3v) is 3.26. The number of benzene rings is 1. The average molecular weight is 276 g/mol. The Bertz CT molecular complexity index is 654. The van der Waals surface area contributed by atoms with Gasteiger partial charge in [0.15, 0.2) is 5.58 Å². The van der Waals surface area contributed by atoms with E-state index in [2.05, 4.69) is 24.1 Å². The summed E-state index contributed by atoms with van der Waals surface area (Å²) in [5.41, 5.74) is 1.29. The monoisotopic (exact) mass is 276 g/mol. The lowest BCUT2D eigenvalue weighted by Crippen LogP contribution is -2.32. The van der Waals surface area contributed by atoms with Gasteiger partial charge in [0.25, 0.3) is 5.91 Å². The number of carbonyl (C=O) groups excluding carboxylic acids is 1. The van der Waals surface area contributed by atoms with Crippen molar-refractivity contribution in [1.29, 1.82) is 0 Å². The van der Waals surface area contributed by atoms with E-state index in [1.54, 1.807) is 18.2 Å². The van der Waals surface area contributed by atoms with Crippen LogP contribution in [0.3, 0.4) is 0 Å². The van der Waals surface area contributed by atoms with Crippen LogP contribution in [0.5, 0.6) is 0 Å². The van der Waals surface area contributed by atoms with Crippen LogP contribution in [0.4, 0.5) is 0 Å². The Kier molecular flexibility index (Phi) is 4.27. The highest BCUT2D eigenvalue weighted by Gasteiger charge is 2.15. The summed E-state index contributed by atoms with van der Waals surface area (Å²) in [6, 6.07) is 5.14. The molecule has 2 N–H and O–H groups in total. The molecule has 1 aromatic heterocycles. The van der Waals surface area contributed by atoms with Crippen LogP contribution in [-0.2, 0) is 0 Å². The Labute approximate surface area is 117 Å². The smallest absolute Gasteiger partial charge is 0.408 e. The summed E-state index contributed by atoms with van der Waals surface area (Å²) < 4.78 is 4.95. The van der Waals surface area contributed by atoms with Crippen LogP contribution in [0.1, 0.15) is 44.0 Å². The van der Waals surface area contributed by atoms with Gasteiger partial charge in [0.05, 0.1) is 11.1 Å². The second-order valence-corrected chi connectivity index (χ2v) is 5.54. The molecule has 0 saturated carbocycles. The maximum absolute atomic E-state index is 12.2. The van der Waals surface area contributed by atoms with Gasteiger partial charge in [0.1, 0.15) is 0 Å². The van der Waals surface area contributed by atoms with Crippen LogP contribution in [0.15, 0.2) is 27.4 Å². The molecule has 0 aliphatic heterocycles. The molecule has 0 saturated heterocycles. The van der Waals surface area contributed by atoms with Gasteiger partial charge in [0, 0.05) is 6.04 Å². The minimum absolute atomic E-state index is 0.0961. The van der Waals surface area contributed by atoms with E-state index in [1.165, 1.54) is 0 Å². The van der Waals surface area contributed by atoms with E-state index >= 15 is 0 Å². The number of nitrogens with one attached hydrogen (secondary N) is 2. The number of amides is 1. The molecular weight excluding hydrogens is 256 g/mol. The van der Waals surface area contributed by atoms with Crippen LogP contribution in [0.25, 0.3) is 11.1 Å². The van der Waals surface area contributed by atoms with Crippen molar-refractivity contribution in [2.45, 2.75) is 39.7 Å². The number of hydrogen-bond acceptors (Lipinski definition) is 3. The third kappa shape index (κ3) is 3.29. The lowest BCUT2D eigenvalue weighted by Gasteiger charge is -2.15. The Morgan fingerprint density at radius 3 is 2.75 bits per heavy atom. The van der Waals surface area contributed by atoms with E-state index in [1.807, 2.05) is 6.92 Å². The van der Waals surface area contributed by atoms with Crippen LogP contribution < -0.4 is 11.1 Å². The van der Waals surface area contributed by atoms with Gasteiger partial charge in [-0.2, -0.15) is 0 Å². The van der Waals surface area contributed by atoms with Crippen molar-refractivity contribution in [3.05, 3.63) is 34.3 Å². The fraction of sp³-hybridized carbons (Fsp3) is 0.467. The van der Waals surface area contributed by atoms with Crippen molar-refractivity contribution in [3.8, 4) is 0 Å². The Morgan fingerprint density at radius 2 is 2.05 bits per heavy atom. The summed E-state index contributed by atoms with van der Waals surface area (Å²) in [5.74, 6) is -0.125. The van der Waals surface area contributed by atoms with Crippen molar-refractivity contribution in [2.75, 3.05) is 0 Å². The second kappa shape index (κ2) is 5.94. The minimum Gasteiger partial charge on any atom is -0.408 e. The van der Waals surface area contributed by atoms with Crippen LogP contribution in [0.2, 0.25) is 0 Å². The van der Waals surface area contributed by atoms with Crippen molar-refractivity contribution < 1.29 is 9.21 Å². The van der Waals surface area contributed by atoms with Crippen molar-refractivity contribution in [1.82, 2.24) is 10.3 Å². The van der Waals surface area contributed by atoms with Gasteiger partial charge < -0.3 is 9.73 Å². The number of aromatic nitrogens is 1. The Morgan fingerprint density at radius 1 is 1.30 bits per heavy atom. The van der Waals surface area contributed by atoms with E-state index in [-0.39, 0.29) is 11.9 Å². The summed E-state index contributed by atoms with van der Waals surface area (Å²) in [7, 11) is 0. The van der Waals surface area contributed by atoms with Crippen LogP contribution in [0, 0.1) is 5.92 Å². The van der Waals surface area contributed by atoms with E-state index in [0.717, 1.165) is 12.8 Å². The molecule has 0 radical (unpaired) electrons. The lowest BCUT2D eigenvalue weighted by molar-refractivity contribution is 0.0938.